The van der Waals surface area contributed by atoms with Crippen LogP contribution in [-0.2, 0) is 6.54 Å². The maximum Gasteiger partial charge on any atom is 0.183 e. The lowest BCUT2D eigenvalue weighted by atomic mass is 10.2. The van der Waals surface area contributed by atoms with Crippen LogP contribution in [0.2, 0.25) is 0 Å². The highest BCUT2D eigenvalue weighted by Crippen LogP contribution is 2.31. The number of halogens is 2. The van der Waals surface area contributed by atoms with Crippen LogP contribution in [0.4, 0.5) is 0 Å². The number of hydrogen-bond acceptors (Lipinski definition) is 2. The summed E-state index contributed by atoms with van der Waals surface area (Å²) in [6.07, 6.45) is 4.23. The molecule has 20 heavy (non-hydrogen) atoms. The first-order chi connectivity index (χ1) is 9.15. The highest BCUT2D eigenvalue weighted by atomic mass is 127. The molecule has 0 saturated carbocycles. The average molecular weight is 461 g/mol. The van der Waals surface area contributed by atoms with E-state index in [1.165, 1.54) is 10.3 Å². The summed E-state index contributed by atoms with van der Waals surface area (Å²) in [6, 6.07) is 8.52. The molecule has 0 fully saturated rings. The highest BCUT2D eigenvalue weighted by Gasteiger charge is 2.11. The highest BCUT2D eigenvalue weighted by molar-refractivity contribution is 9.10. The molecule has 2 heterocycles. The van der Waals surface area contributed by atoms with E-state index in [2.05, 4.69) is 71.0 Å². The van der Waals surface area contributed by atoms with Gasteiger partial charge in [-0.2, -0.15) is 0 Å². The molecule has 0 radical (unpaired) electrons. The van der Waals surface area contributed by atoms with E-state index in [1.807, 2.05) is 0 Å². The first-order valence-electron chi connectivity index (χ1n) is 6.23. The van der Waals surface area contributed by atoms with E-state index in [-0.39, 0.29) is 24.0 Å². The number of aromatic nitrogens is 2. The number of benzene rings is 1. The zero-order valence-corrected chi connectivity index (χ0v) is 15.8. The zero-order chi connectivity index (χ0) is 13.4. The van der Waals surface area contributed by atoms with Gasteiger partial charge < -0.3 is 24.0 Å². The minimum absolute atomic E-state index is 0. The van der Waals surface area contributed by atoms with Crippen molar-refractivity contribution >= 4 is 37.5 Å². The Labute approximate surface area is 148 Å². The molecule has 2 nitrogen and oxygen atoms in total. The summed E-state index contributed by atoms with van der Waals surface area (Å²) in [5.74, 6) is 0. The molecule has 5 heteroatoms. The molecule has 104 valence electrons. The first kappa shape index (κ1) is 15.9. The van der Waals surface area contributed by atoms with Crippen LogP contribution in [0.1, 0.15) is 12.5 Å². The van der Waals surface area contributed by atoms with Gasteiger partial charge in [-0.05, 0) is 53.5 Å². The molecule has 0 saturated heterocycles. The number of nitrogens with zero attached hydrogens (tertiary/aromatic N) is 2. The van der Waals surface area contributed by atoms with Gasteiger partial charge in [0.1, 0.15) is 11.6 Å². The van der Waals surface area contributed by atoms with Gasteiger partial charge in [0.05, 0.1) is 20.3 Å². The van der Waals surface area contributed by atoms with Crippen LogP contribution in [0.15, 0.2) is 41.1 Å². The van der Waals surface area contributed by atoms with E-state index in [0.29, 0.717) is 0 Å². The van der Waals surface area contributed by atoms with E-state index < -0.39 is 0 Å². The second kappa shape index (κ2) is 6.49. The summed E-state index contributed by atoms with van der Waals surface area (Å²) in [7, 11) is 0. The average Bonchev–Trinajstić information content (AvgIpc) is 2.80. The molecule has 0 unspecified atom stereocenters. The molecular weight excluding hydrogens is 447 g/mol. The largest absolute Gasteiger partial charge is 1.00 e. The van der Waals surface area contributed by atoms with Gasteiger partial charge in [-0.1, -0.05) is 6.07 Å². The summed E-state index contributed by atoms with van der Waals surface area (Å²) in [5, 5.41) is 1.07. The molecule has 0 aliphatic carbocycles. The van der Waals surface area contributed by atoms with E-state index >= 15 is 0 Å². The number of fused-ring (bicyclic) bond motifs is 1. The fourth-order valence-corrected chi connectivity index (χ4v) is 3.61. The van der Waals surface area contributed by atoms with Gasteiger partial charge in [0.15, 0.2) is 12.4 Å². The van der Waals surface area contributed by atoms with E-state index in [9.17, 15) is 0 Å². The molecule has 0 amide bonds. The Bertz CT molecular complexity index is 755. The maximum absolute atomic E-state index is 4.72. The standard InChI is InChI=1S/C15H14BrN2S.HI/c1-3-18-8-11(7-12(16)9-18)15-17-13-5-4-10(2)6-14(13)19-15;/h4-9H,3H2,1-2H3;1H/q+1;/p-1. The van der Waals surface area contributed by atoms with Crippen LogP contribution in [0.3, 0.4) is 0 Å². The van der Waals surface area contributed by atoms with E-state index in [1.54, 1.807) is 11.3 Å². The van der Waals surface area contributed by atoms with Crippen molar-refractivity contribution in [2.45, 2.75) is 20.4 Å². The number of hydrogen-bond donors (Lipinski definition) is 0. The molecule has 0 spiro atoms. The minimum Gasteiger partial charge on any atom is -1.00 e. The summed E-state index contributed by atoms with van der Waals surface area (Å²) < 4.78 is 4.50. The third kappa shape index (κ3) is 3.20. The Kier molecular flexibility index (Phi) is 5.14. The topological polar surface area (TPSA) is 16.8 Å². The molecule has 0 aliphatic heterocycles. The van der Waals surface area contributed by atoms with Crippen molar-refractivity contribution in [1.82, 2.24) is 4.98 Å². The normalized spacial score (nSPS) is 10.6. The molecule has 2 aromatic heterocycles. The number of thiazole rings is 1. The monoisotopic (exact) mass is 460 g/mol. The quantitative estimate of drug-likeness (QED) is 0.416. The fraction of sp³-hybridized carbons (Fsp3) is 0.200. The van der Waals surface area contributed by atoms with Crippen LogP contribution in [0.5, 0.6) is 0 Å². The van der Waals surface area contributed by atoms with Crippen molar-refractivity contribution in [2.24, 2.45) is 0 Å². The maximum atomic E-state index is 4.72. The molecule has 1 aromatic carbocycles. The summed E-state index contributed by atoms with van der Waals surface area (Å²) in [4.78, 5) is 4.72. The Morgan fingerprint density at radius 1 is 1.25 bits per heavy atom. The fourth-order valence-electron chi connectivity index (χ4n) is 2.05. The lowest BCUT2D eigenvalue weighted by molar-refractivity contribution is -0.693. The van der Waals surface area contributed by atoms with Crippen LogP contribution in [0, 0.1) is 6.92 Å². The second-order valence-electron chi connectivity index (χ2n) is 4.56. The molecule has 0 aliphatic rings. The minimum atomic E-state index is 0. The van der Waals surface area contributed by atoms with Crippen molar-refractivity contribution in [3.63, 3.8) is 0 Å². The zero-order valence-electron chi connectivity index (χ0n) is 11.2. The SMILES string of the molecule is CC[n+]1cc(Br)cc(-c2nc3ccc(C)cc3s2)c1.[I-]. The second-order valence-corrected chi connectivity index (χ2v) is 6.51. The lowest BCUT2D eigenvalue weighted by Crippen LogP contribution is -3.00. The molecule has 3 rings (SSSR count). The van der Waals surface area contributed by atoms with Crippen molar-refractivity contribution in [1.29, 1.82) is 0 Å². The molecule has 0 N–H and O–H groups in total. The van der Waals surface area contributed by atoms with Crippen LogP contribution in [0.25, 0.3) is 20.8 Å². The predicted molar refractivity (Wildman–Crippen MR) is 83.4 cm³/mol. The lowest BCUT2D eigenvalue weighted by Gasteiger charge is -1.97. The number of pyridine rings is 1. The summed E-state index contributed by atoms with van der Waals surface area (Å²) in [6.45, 7) is 5.21. The van der Waals surface area contributed by atoms with Gasteiger partial charge in [-0.25, -0.2) is 9.55 Å². The van der Waals surface area contributed by atoms with Crippen LogP contribution in [-0.4, -0.2) is 4.98 Å². The van der Waals surface area contributed by atoms with Gasteiger partial charge in [-0.3, -0.25) is 0 Å². The number of aryl methyl sites for hydroxylation is 2. The Morgan fingerprint density at radius 3 is 2.80 bits per heavy atom. The molecular formula is C15H14BrIN2S. The molecule has 0 bridgehead atoms. The molecule has 3 aromatic rings. The Hall–Kier alpha value is -0.530. The smallest absolute Gasteiger partial charge is 0.183 e. The predicted octanol–water partition coefficient (Wildman–Crippen LogP) is 1.35. The van der Waals surface area contributed by atoms with Gasteiger partial charge in [0.2, 0.25) is 0 Å². The molecule has 0 atom stereocenters. The van der Waals surface area contributed by atoms with Crippen molar-refractivity contribution in [3.05, 3.63) is 46.7 Å². The van der Waals surface area contributed by atoms with Crippen molar-refractivity contribution < 1.29 is 28.5 Å². The third-order valence-corrected chi connectivity index (χ3v) is 4.54. The Morgan fingerprint density at radius 2 is 2.05 bits per heavy atom. The van der Waals surface area contributed by atoms with Gasteiger partial charge in [0.25, 0.3) is 0 Å². The van der Waals surface area contributed by atoms with Gasteiger partial charge in [-0.15, -0.1) is 11.3 Å². The van der Waals surface area contributed by atoms with Gasteiger partial charge >= 0.3 is 0 Å². The Balaban J connectivity index is 0.00000147. The van der Waals surface area contributed by atoms with Gasteiger partial charge in [0, 0.05) is 0 Å². The van der Waals surface area contributed by atoms with E-state index in [4.69, 9.17) is 4.98 Å². The van der Waals surface area contributed by atoms with Crippen molar-refractivity contribution in [2.75, 3.05) is 0 Å². The summed E-state index contributed by atoms with van der Waals surface area (Å²) >= 11 is 5.31. The number of rotatable bonds is 2. The summed E-state index contributed by atoms with van der Waals surface area (Å²) in [5.41, 5.74) is 3.52. The van der Waals surface area contributed by atoms with Crippen LogP contribution < -0.4 is 28.5 Å². The van der Waals surface area contributed by atoms with Crippen LogP contribution >= 0.6 is 27.3 Å². The van der Waals surface area contributed by atoms with Crippen molar-refractivity contribution in [3.8, 4) is 10.6 Å². The third-order valence-electron chi connectivity index (χ3n) is 3.04. The first-order valence-corrected chi connectivity index (χ1v) is 7.84. The van der Waals surface area contributed by atoms with E-state index in [0.717, 1.165) is 27.1 Å².